The molecular weight excluding hydrogens is 360 g/mol. The fourth-order valence-electron chi connectivity index (χ4n) is 4.71. The lowest BCUT2D eigenvalue weighted by Crippen LogP contribution is -2.13. The second-order valence-electron chi connectivity index (χ2n) is 9.03. The van der Waals surface area contributed by atoms with E-state index in [-0.39, 0.29) is 5.41 Å². The van der Waals surface area contributed by atoms with Gasteiger partial charge < -0.3 is 0 Å². The highest BCUT2D eigenvalue weighted by Crippen LogP contribution is 2.43. The quantitative estimate of drug-likeness (QED) is 0.266. The van der Waals surface area contributed by atoms with Gasteiger partial charge in [-0.2, -0.15) is 0 Å². The van der Waals surface area contributed by atoms with E-state index in [1.807, 2.05) is 0 Å². The summed E-state index contributed by atoms with van der Waals surface area (Å²) in [5.41, 5.74) is 6.59. The van der Waals surface area contributed by atoms with Crippen molar-refractivity contribution in [1.29, 1.82) is 0 Å². The third-order valence-corrected chi connectivity index (χ3v) is 5.96. The molecule has 0 heteroatoms. The third-order valence-electron chi connectivity index (χ3n) is 5.96. The number of benzene rings is 5. The summed E-state index contributed by atoms with van der Waals surface area (Å²) in [6.07, 6.45) is 0. The largest absolute Gasteiger partial charge is 0.0622 e. The summed E-state index contributed by atoms with van der Waals surface area (Å²) in [6, 6.07) is 37.4. The molecule has 0 saturated heterocycles. The maximum Gasteiger partial charge on any atom is -0.00266 e. The molecule has 0 fully saturated rings. The second kappa shape index (κ2) is 7.15. The van der Waals surface area contributed by atoms with Crippen LogP contribution in [0.25, 0.3) is 43.8 Å². The van der Waals surface area contributed by atoms with Crippen molar-refractivity contribution in [2.24, 2.45) is 0 Å². The highest BCUT2D eigenvalue weighted by Gasteiger charge is 2.23. The van der Waals surface area contributed by atoms with Crippen molar-refractivity contribution in [3.05, 3.63) is 109 Å². The first kappa shape index (κ1) is 18.6. The topological polar surface area (TPSA) is 0 Å². The van der Waals surface area contributed by atoms with E-state index in [1.165, 1.54) is 49.4 Å². The van der Waals surface area contributed by atoms with E-state index >= 15 is 0 Å². The van der Waals surface area contributed by atoms with E-state index in [0.717, 1.165) is 0 Å². The maximum atomic E-state index is 2.32. The Morgan fingerprint density at radius 1 is 0.400 bits per heavy atom. The Kier molecular flexibility index (Phi) is 4.44. The van der Waals surface area contributed by atoms with Gasteiger partial charge in [0.1, 0.15) is 0 Å². The molecule has 5 aromatic carbocycles. The molecule has 0 unspecified atom stereocenters. The molecule has 0 saturated carbocycles. The molecule has 0 atom stereocenters. The molecule has 146 valence electrons. The highest BCUT2D eigenvalue weighted by atomic mass is 14.3. The molecule has 0 spiro atoms. The molecule has 0 aliphatic carbocycles. The standard InChI is InChI=1S/C30H26/c1-30(2,3)29-26-15-9-7-13-24(26)28(25-14-8-10-16-27(25)29)23-19-17-22(18-20-23)21-11-5-4-6-12-21/h4-20H,1-3H3. The first-order chi connectivity index (χ1) is 14.5. The van der Waals surface area contributed by atoms with Crippen molar-refractivity contribution in [3.63, 3.8) is 0 Å². The van der Waals surface area contributed by atoms with Gasteiger partial charge in [0.15, 0.2) is 0 Å². The van der Waals surface area contributed by atoms with Crippen LogP contribution in [0, 0.1) is 0 Å². The summed E-state index contributed by atoms with van der Waals surface area (Å²) < 4.78 is 0. The van der Waals surface area contributed by atoms with Gasteiger partial charge in [-0.3, -0.25) is 0 Å². The first-order valence-electron chi connectivity index (χ1n) is 10.6. The smallest absolute Gasteiger partial charge is 0.00266 e. The number of rotatable bonds is 2. The predicted octanol–water partition coefficient (Wildman–Crippen LogP) is 8.62. The molecule has 5 aromatic rings. The summed E-state index contributed by atoms with van der Waals surface area (Å²) in [5.74, 6) is 0. The van der Waals surface area contributed by atoms with Crippen LogP contribution in [-0.4, -0.2) is 0 Å². The number of hydrogen-bond donors (Lipinski definition) is 0. The first-order valence-corrected chi connectivity index (χ1v) is 10.6. The molecule has 0 nitrogen and oxygen atoms in total. The fourth-order valence-corrected chi connectivity index (χ4v) is 4.71. The zero-order valence-corrected chi connectivity index (χ0v) is 17.8. The van der Waals surface area contributed by atoms with Crippen LogP contribution in [0.4, 0.5) is 0 Å². The van der Waals surface area contributed by atoms with Gasteiger partial charge in [0, 0.05) is 0 Å². The van der Waals surface area contributed by atoms with E-state index in [1.54, 1.807) is 0 Å². The van der Waals surface area contributed by atoms with E-state index in [9.17, 15) is 0 Å². The average molecular weight is 387 g/mol. The van der Waals surface area contributed by atoms with E-state index in [4.69, 9.17) is 0 Å². The summed E-state index contributed by atoms with van der Waals surface area (Å²) in [7, 11) is 0. The Labute approximate surface area is 178 Å². The summed E-state index contributed by atoms with van der Waals surface area (Å²) >= 11 is 0. The number of fused-ring (bicyclic) bond motifs is 2. The predicted molar refractivity (Wildman–Crippen MR) is 131 cm³/mol. The van der Waals surface area contributed by atoms with Crippen LogP contribution in [0.1, 0.15) is 26.3 Å². The Bertz CT molecular complexity index is 1280. The normalized spacial score (nSPS) is 11.8. The van der Waals surface area contributed by atoms with Crippen LogP contribution in [0.2, 0.25) is 0 Å². The zero-order chi connectivity index (χ0) is 20.7. The van der Waals surface area contributed by atoms with Crippen LogP contribution in [0.5, 0.6) is 0 Å². The van der Waals surface area contributed by atoms with Crippen molar-refractivity contribution < 1.29 is 0 Å². The van der Waals surface area contributed by atoms with Gasteiger partial charge in [-0.25, -0.2) is 0 Å². The molecule has 5 rings (SSSR count). The van der Waals surface area contributed by atoms with Gasteiger partial charge in [0.2, 0.25) is 0 Å². The Balaban J connectivity index is 1.81. The van der Waals surface area contributed by atoms with Crippen molar-refractivity contribution >= 4 is 21.5 Å². The molecular formula is C30H26. The van der Waals surface area contributed by atoms with Crippen LogP contribution < -0.4 is 0 Å². The summed E-state index contributed by atoms with van der Waals surface area (Å²) in [5, 5.41) is 5.36. The average Bonchev–Trinajstić information content (AvgIpc) is 2.77. The van der Waals surface area contributed by atoms with Gasteiger partial charge >= 0.3 is 0 Å². The monoisotopic (exact) mass is 386 g/mol. The minimum atomic E-state index is 0.0644. The second-order valence-corrected chi connectivity index (χ2v) is 9.03. The minimum absolute atomic E-state index is 0.0644. The molecule has 0 aromatic heterocycles. The summed E-state index contributed by atoms with van der Waals surface area (Å²) in [6.45, 7) is 6.95. The molecule has 0 bridgehead atoms. The van der Waals surface area contributed by atoms with Gasteiger partial charge in [0.05, 0.1) is 0 Å². The van der Waals surface area contributed by atoms with E-state index in [2.05, 4.69) is 124 Å². The summed E-state index contributed by atoms with van der Waals surface area (Å²) in [4.78, 5) is 0. The lowest BCUT2D eigenvalue weighted by Gasteiger charge is -2.26. The molecule has 0 radical (unpaired) electrons. The Morgan fingerprint density at radius 2 is 0.800 bits per heavy atom. The fraction of sp³-hybridized carbons (Fsp3) is 0.133. The Hall–Kier alpha value is -3.38. The molecule has 0 amide bonds. The number of hydrogen-bond acceptors (Lipinski definition) is 0. The molecule has 0 aliphatic heterocycles. The Morgan fingerprint density at radius 3 is 1.30 bits per heavy atom. The van der Waals surface area contributed by atoms with Crippen LogP contribution in [0.15, 0.2) is 103 Å². The van der Waals surface area contributed by atoms with E-state index in [0.29, 0.717) is 0 Å². The van der Waals surface area contributed by atoms with Gasteiger partial charge in [0.25, 0.3) is 0 Å². The van der Waals surface area contributed by atoms with E-state index < -0.39 is 0 Å². The van der Waals surface area contributed by atoms with Crippen molar-refractivity contribution in [1.82, 2.24) is 0 Å². The van der Waals surface area contributed by atoms with Gasteiger partial charge in [-0.05, 0) is 54.8 Å². The van der Waals surface area contributed by atoms with Crippen molar-refractivity contribution in [2.75, 3.05) is 0 Å². The van der Waals surface area contributed by atoms with Gasteiger partial charge in [-0.15, -0.1) is 0 Å². The van der Waals surface area contributed by atoms with Gasteiger partial charge in [-0.1, -0.05) is 124 Å². The van der Waals surface area contributed by atoms with Crippen molar-refractivity contribution in [3.8, 4) is 22.3 Å². The van der Waals surface area contributed by atoms with Crippen LogP contribution in [0.3, 0.4) is 0 Å². The maximum absolute atomic E-state index is 2.32. The molecule has 30 heavy (non-hydrogen) atoms. The lowest BCUT2D eigenvalue weighted by atomic mass is 9.78. The van der Waals surface area contributed by atoms with Crippen LogP contribution in [-0.2, 0) is 5.41 Å². The SMILES string of the molecule is CC(C)(C)c1c2ccccc2c(-c2ccc(-c3ccccc3)cc2)c2ccccc12. The third kappa shape index (κ3) is 3.09. The zero-order valence-electron chi connectivity index (χ0n) is 17.8. The highest BCUT2D eigenvalue weighted by molar-refractivity contribution is 6.15. The van der Waals surface area contributed by atoms with Crippen LogP contribution >= 0.6 is 0 Å². The molecule has 0 aliphatic rings. The minimum Gasteiger partial charge on any atom is -0.0622 e. The molecule has 0 N–H and O–H groups in total. The lowest BCUT2D eigenvalue weighted by molar-refractivity contribution is 0.601. The molecule has 0 heterocycles. The van der Waals surface area contributed by atoms with Crippen molar-refractivity contribution in [2.45, 2.75) is 26.2 Å².